The Morgan fingerprint density at radius 3 is 2.67 bits per heavy atom. The van der Waals surface area contributed by atoms with Crippen LogP contribution >= 0.6 is 11.6 Å². The second kappa shape index (κ2) is 5.60. The second-order valence-corrected chi connectivity index (χ2v) is 4.06. The van der Waals surface area contributed by atoms with Crippen LogP contribution in [-0.2, 0) is 6.54 Å². The predicted molar refractivity (Wildman–Crippen MR) is 66.8 cm³/mol. The van der Waals surface area contributed by atoms with Crippen LogP contribution < -0.4 is 5.32 Å². The molecule has 2 aromatic rings. The van der Waals surface area contributed by atoms with Crippen molar-refractivity contribution in [2.24, 2.45) is 0 Å². The van der Waals surface area contributed by atoms with Crippen molar-refractivity contribution < 1.29 is 9.18 Å². The van der Waals surface area contributed by atoms with Crippen LogP contribution in [0.5, 0.6) is 0 Å². The molecule has 0 radical (unpaired) electrons. The molecule has 0 fully saturated rings. The number of benzene rings is 1. The van der Waals surface area contributed by atoms with Gasteiger partial charge in [-0.05, 0) is 29.8 Å². The molecule has 0 saturated heterocycles. The average molecular weight is 265 g/mol. The summed E-state index contributed by atoms with van der Waals surface area (Å²) in [5, 5.41) is 2.98. The summed E-state index contributed by atoms with van der Waals surface area (Å²) < 4.78 is 12.7. The molecule has 5 heteroatoms. The van der Waals surface area contributed by atoms with Crippen molar-refractivity contribution in [2.45, 2.75) is 6.54 Å². The molecule has 1 aromatic carbocycles. The first-order chi connectivity index (χ1) is 8.65. The molecule has 18 heavy (non-hydrogen) atoms. The first-order valence-corrected chi connectivity index (χ1v) is 5.67. The number of rotatable bonds is 3. The fourth-order valence-electron chi connectivity index (χ4n) is 1.43. The number of nitrogens with zero attached hydrogens (tertiary/aromatic N) is 1. The number of nitrogens with one attached hydrogen (secondary N) is 1. The predicted octanol–water partition coefficient (Wildman–Crippen LogP) is 2.80. The van der Waals surface area contributed by atoms with Crippen LogP contribution in [0.2, 0.25) is 5.15 Å². The summed E-state index contributed by atoms with van der Waals surface area (Å²) in [5.41, 5.74) is 1.27. The largest absolute Gasteiger partial charge is 0.348 e. The number of amides is 1. The van der Waals surface area contributed by atoms with Gasteiger partial charge in [-0.25, -0.2) is 9.37 Å². The van der Waals surface area contributed by atoms with Crippen LogP contribution in [0.1, 0.15) is 15.9 Å². The molecule has 92 valence electrons. The number of hydrogen-bond acceptors (Lipinski definition) is 2. The quantitative estimate of drug-likeness (QED) is 0.866. The maximum absolute atomic E-state index is 12.7. The number of halogens is 2. The van der Waals surface area contributed by atoms with Gasteiger partial charge in [-0.3, -0.25) is 4.79 Å². The van der Waals surface area contributed by atoms with Gasteiger partial charge in [-0.15, -0.1) is 0 Å². The molecular weight excluding hydrogens is 255 g/mol. The van der Waals surface area contributed by atoms with E-state index in [9.17, 15) is 9.18 Å². The molecule has 0 atom stereocenters. The van der Waals surface area contributed by atoms with Crippen LogP contribution in [-0.4, -0.2) is 10.9 Å². The van der Waals surface area contributed by atoms with Gasteiger partial charge in [-0.1, -0.05) is 23.7 Å². The first-order valence-electron chi connectivity index (χ1n) is 5.29. The molecule has 1 N–H and O–H groups in total. The van der Waals surface area contributed by atoms with Gasteiger partial charge < -0.3 is 5.32 Å². The summed E-state index contributed by atoms with van der Waals surface area (Å²) in [4.78, 5) is 15.6. The molecule has 0 bridgehead atoms. The topological polar surface area (TPSA) is 42.0 Å². The zero-order valence-corrected chi connectivity index (χ0v) is 10.1. The van der Waals surface area contributed by atoms with Gasteiger partial charge in [0.15, 0.2) is 0 Å². The van der Waals surface area contributed by atoms with Crippen molar-refractivity contribution in [2.75, 3.05) is 0 Å². The summed E-state index contributed by atoms with van der Waals surface area (Å²) in [7, 11) is 0. The molecule has 1 heterocycles. The third-order valence-corrected chi connectivity index (χ3v) is 2.56. The van der Waals surface area contributed by atoms with Crippen LogP contribution in [0.3, 0.4) is 0 Å². The number of carbonyl (C=O) groups is 1. The van der Waals surface area contributed by atoms with Gasteiger partial charge in [-0.2, -0.15) is 0 Å². The molecule has 3 nitrogen and oxygen atoms in total. The summed E-state index contributed by atoms with van der Waals surface area (Å²) in [6, 6.07) is 9.01. The Bertz CT molecular complexity index is 557. The first kappa shape index (κ1) is 12.5. The minimum absolute atomic E-state index is 0.247. The highest BCUT2D eigenvalue weighted by Crippen LogP contribution is 2.07. The van der Waals surface area contributed by atoms with Gasteiger partial charge in [0.2, 0.25) is 0 Å². The van der Waals surface area contributed by atoms with Crippen LogP contribution in [0.4, 0.5) is 4.39 Å². The minimum atomic E-state index is -0.300. The Morgan fingerprint density at radius 2 is 2.00 bits per heavy atom. The number of carbonyl (C=O) groups excluding carboxylic acids is 1. The van der Waals surface area contributed by atoms with E-state index in [2.05, 4.69) is 10.3 Å². The van der Waals surface area contributed by atoms with Gasteiger partial charge >= 0.3 is 0 Å². The van der Waals surface area contributed by atoms with E-state index in [1.54, 1.807) is 18.2 Å². The van der Waals surface area contributed by atoms with Crippen molar-refractivity contribution in [1.29, 1.82) is 0 Å². The summed E-state index contributed by atoms with van der Waals surface area (Å²) >= 11 is 5.69. The average Bonchev–Trinajstić information content (AvgIpc) is 2.38. The Hall–Kier alpha value is -1.94. The summed E-state index contributed by atoms with van der Waals surface area (Å²) in [5.74, 6) is -0.547. The Balaban J connectivity index is 1.98. The Labute approximate surface area is 109 Å². The lowest BCUT2D eigenvalue weighted by atomic mass is 10.2. The molecule has 0 spiro atoms. The maximum atomic E-state index is 12.7. The molecule has 0 aliphatic heterocycles. The highest BCUT2D eigenvalue weighted by Gasteiger charge is 2.05. The van der Waals surface area contributed by atoms with Gasteiger partial charge in [0.05, 0.1) is 0 Å². The molecule has 0 unspecified atom stereocenters. The van der Waals surface area contributed by atoms with Crippen molar-refractivity contribution in [3.8, 4) is 0 Å². The van der Waals surface area contributed by atoms with Gasteiger partial charge in [0.1, 0.15) is 11.0 Å². The maximum Gasteiger partial charge on any atom is 0.251 e. The van der Waals surface area contributed by atoms with E-state index in [0.717, 1.165) is 5.56 Å². The highest BCUT2D eigenvalue weighted by molar-refractivity contribution is 6.29. The van der Waals surface area contributed by atoms with Gasteiger partial charge in [0.25, 0.3) is 5.91 Å². The molecular formula is C13H10ClFN2O. The smallest absolute Gasteiger partial charge is 0.251 e. The number of pyridine rings is 1. The van der Waals surface area contributed by atoms with Crippen LogP contribution in [0.25, 0.3) is 0 Å². The van der Waals surface area contributed by atoms with E-state index in [4.69, 9.17) is 11.6 Å². The lowest BCUT2D eigenvalue weighted by Crippen LogP contribution is -2.22. The molecule has 0 aliphatic rings. The molecule has 0 saturated carbocycles. The normalized spacial score (nSPS) is 10.1. The van der Waals surface area contributed by atoms with Crippen molar-refractivity contribution in [3.05, 3.63) is 64.7 Å². The van der Waals surface area contributed by atoms with Crippen molar-refractivity contribution in [1.82, 2.24) is 10.3 Å². The summed E-state index contributed by atoms with van der Waals surface area (Å²) in [6.07, 6.45) is 1.47. The molecule has 0 aliphatic carbocycles. The highest BCUT2D eigenvalue weighted by atomic mass is 35.5. The Morgan fingerprint density at radius 1 is 1.28 bits per heavy atom. The summed E-state index contributed by atoms with van der Waals surface area (Å²) in [6.45, 7) is 0.332. The molecule has 1 aromatic heterocycles. The fourth-order valence-corrected chi connectivity index (χ4v) is 1.60. The van der Waals surface area contributed by atoms with E-state index in [-0.39, 0.29) is 16.9 Å². The van der Waals surface area contributed by atoms with E-state index >= 15 is 0 Å². The minimum Gasteiger partial charge on any atom is -0.348 e. The van der Waals surface area contributed by atoms with Crippen LogP contribution in [0.15, 0.2) is 42.6 Å². The fraction of sp³-hybridized carbons (Fsp3) is 0.0769. The third kappa shape index (κ3) is 3.28. The molecule has 2 rings (SSSR count). The van der Waals surface area contributed by atoms with E-state index in [1.165, 1.54) is 24.4 Å². The van der Waals surface area contributed by atoms with E-state index in [1.807, 2.05) is 0 Å². The van der Waals surface area contributed by atoms with Crippen molar-refractivity contribution in [3.63, 3.8) is 0 Å². The van der Waals surface area contributed by atoms with Crippen LogP contribution in [0, 0.1) is 5.82 Å². The second-order valence-electron chi connectivity index (χ2n) is 3.68. The standard InChI is InChI=1S/C13H10ClFN2O/c14-12-7-10(5-6-16-12)13(18)17-8-9-1-3-11(15)4-2-9/h1-7H,8H2,(H,17,18). The van der Waals surface area contributed by atoms with E-state index < -0.39 is 0 Å². The van der Waals surface area contributed by atoms with E-state index in [0.29, 0.717) is 12.1 Å². The SMILES string of the molecule is O=C(NCc1ccc(F)cc1)c1ccnc(Cl)c1. The monoisotopic (exact) mass is 264 g/mol. The lowest BCUT2D eigenvalue weighted by molar-refractivity contribution is 0.0951. The molecule has 1 amide bonds. The third-order valence-electron chi connectivity index (χ3n) is 2.36. The number of aromatic nitrogens is 1. The van der Waals surface area contributed by atoms with Gasteiger partial charge in [0, 0.05) is 18.3 Å². The Kier molecular flexibility index (Phi) is 3.89. The van der Waals surface area contributed by atoms with Crippen molar-refractivity contribution >= 4 is 17.5 Å². The zero-order valence-electron chi connectivity index (χ0n) is 9.36. The zero-order chi connectivity index (χ0) is 13.0. The number of hydrogen-bond donors (Lipinski definition) is 1. The lowest BCUT2D eigenvalue weighted by Gasteiger charge is -2.05.